The summed E-state index contributed by atoms with van der Waals surface area (Å²) in [6.07, 6.45) is 2.35. The van der Waals surface area contributed by atoms with Gasteiger partial charge in [-0.05, 0) is 18.2 Å². The van der Waals surface area contributed by atoms with Gasteiger partial charge in [0.15, 0.2) is 5.69 Å². The zero-order valence-electron chi connectivity index (χ0n) is 9.46. The molecule has 0 radical (unpaired) electrons. The van der Waals surface area contributed by atoms with Crippen LogP contribution in [0, 0.1) is 17.1 Å². The van der Waals surface area contributed by atoms with E-state index in [2.05, 4.69) is 15.3 Å². The number of carboxylic acids is 1. The summed E-state index contributed by atoms with van der Waals surface area (Å²) in [7, 11) is 0. The van der Waals surface area contributed by atoms with Crippen molar-refractivity contribution in [1.29, 1.82) is 5.26 Å². The fraction of sp³-hybridized carbons (Fsp3) is 0. The van der Waals surface area contributed by atoms with Crippen LogP contribution in [0.4, 0.5) is 15.9 Å². The number of rotatable bonds is 3. The lowest BCUT2D eigenvalue weighted by Crippen LogP contribution is -2.04. The maximum absolute atomic E-state index is 13.6. The molecule has 1 heterocycles. The van der Waals surface area contributed by atoms with E-state index < -0.39 is 11.8 Å². The molecule has 2 aromatic rings. The minimum atomic E-state index is -1.23. The molecule has 2 N–H and O–H groups in total. The molecule has 1 aromatic carbocycles. The van der Waals surface area contributed by atoms with Gasteiger partial charge in [0.1, 0.15) is 11.6 Å². The Bertz CT molecular complexity index is 682. The van der Waals surface area contributed by atoms with E-state index in [0.29, 0.717) is 0 Å². The number of aromatic carboxylic acids is 1. The fourth-order valence-corrected chi connectivity index (χ4v) is 1.35. The third-order valence-corrected chi connectivity index (χ3v) is 2.21. The zero-order chi connectivity index (χ0) is 13.8. The summed E-state index contributed by atoms with van der Waals surface area (Å²) in [5.74, 6) is -1.76. The van der Waals surface area contributed by atoms with Crippen molar-refractivity contribution in [2.24, 2.45) is 0 Å². The molecule has 0 aliphatic heterocycles. The van der Waals surface area contributed by atoms with Crippen LogP contribution in [-0.4, -0.2) is 21.0 Å². The van der Waals surface area contributed by atoms with E-state index >= 15 is 0 Å². The van der Waals surface area contributed by atoms with Crippen molar-refractivity contribution >= 4 is 17.5 Å². The van der Waals surface area contributed by atoms with Crippen LogP contribution in [0.5, 0.6) is 0 Å². The van der Waals surface area contributed by atoms with Crippen LogP contribution in [0.3, 0.4) is 0 Å². The predicted molar refractivity (Wildman–Crippen MR) is 63.4 cm³/mol. The number of benzene rings is 1. The topological polar surface area (TPSA) is 98.9 Å². The number of carboxylic acid groups (broad SMARTS) is 1. The molecule has 6 nitrogen and oxygen atoms in total. The van der Waals surface area contributed by atoms with Crippen molar-refractivity contribution in [3.05, 3.63) is 47.7 Å². The molecule has 0 amide bonds. The summed E-state index contributed by atoms with van der Waals surface area (Å²) in [5, 5.41) is 20.0. The highest BCUT2D eigenvalue weighted by Crippen LogP contribution is 2.19. The summed E-state index contributed by atoms with van der Waals surface area (Å²) < 4.78 is 13.6. The molecule has 0 atom stereocenters. The molecule has 0 aliphatic carbocycles. The third kappa shape index (κ3) is 2.81. The Morgan fingerprint density at radius 3 is 2.84 bits per heavy atom. The summed E-state index contributed by atoms with van der Waals surface area (Å²) in [6.45, 7) is 0. The zero-order valence-corrected chi connectivity index (χ0v) is 9.46. The van der Waals surface area contributed by atoms with Crippen molar-refractivity contribution < 1.29 is 14.3 Å². The number of nitriles is 1. The molecule has 0 bridgehead atoms. The van der Waals surface area contributed by atoms with Gasteiger partial charge in [-0.3, -0.25) is 4.98 Å². The molecule has 19 heavy (non-hydrogen) atoms. The van der Waals surface area contributed by atoms with E-state index in [-0.39, 0.29) is 22.8 Å². The molecule has 7 heteroatoms. The second kappa shape index (κ2) is 5.10. The van der Waals surface area contributed by atoms with E-state index in [1.165, 1.54) is 18.3 Å². The summed E-state index contributed by atoms with van der Waals surface area (Å²) in [4.78, 5) is 18.1. The lowest BCUT2D eigenvalue weighted by Gasteiger charge is -2.06. The molecular formula is C12H7FN4O2. The van der Waals surface area contributed by atoms with Gasteiger partial charge in [-0.15, -0.1) is 0 Å². The first-order valence-electron chi connectivity index (χ1n) is 5.12. The van der Waals surface area contributed by atoms with Crippen molar-refractivity contribution in [2.45, 2.75) is 0 Å². The molecule has 0 spiro atoms. The van der Waals surface area contributed by atoms with Crippen LogP contribution < -0.4 is 5.32 Å². The first kappa shape index (κ1) is 12.4. The Labute approximate surface area is 107 Å². The monoisotopic (exact) mass is 258 g/mol. The number of carbonyl (C=O) groups is 1. The lowest BCUT2D eigenvalue weighted by molar-refractivity contribution is 0.0690. The summed E-state index contributed by atoms with van der Waals surface area (Å²) in [6, 6.07) is 5.67. The van der Waals surface area contributed by atoms with Crippen LogP contribution in [0.1, 0.15) is 16.1 Å². The standard InChI is InChI=1S/C12H7FN4O2/c13-8-3-7(4-14)1-2-9(8)16-11-6-15-5-10(17-11)12(18)19/h1-3,5-6H,(H,16,17)(H,18,19). The Kier molecular flexibility index (Phi) is 3.34. The maximum atomic E-state index is 13.6. The fourth-order valence-electron chi connectivity index (χ4n) is 1.35. The van der Waals surface area contributed by atoms with E-state index in [0.717, 1.165) is 12.3 Å². The van der Waals surface area contributed by atoms with Crippen LogP contribution in [0.25, 0.3) is 0 Å². The Balaban J connectivity index is 2.29. The smallest absolute Gasteiger partial charge is 0.356 e. The average molecular weight is 258 g/mol. The second-order valence-corrected chi connectivity index (χ2v) is 3.53. The number of halogens is 1. The molecule has 1 aromatic heterocycles. The number of aromatic nitrogens is 2. The van der Waals surface area contributed by atoms with Gasteiger partial charge >= 0.3 is 5.97 Å². The van der Waals surface area contributed by atoms with Gasteiger partial charge in [0, 0.05) is 0 Å². The first-order chi connectivity index (χ1) is 9.10. The van der Waals surface area contributed by atoms with Crippen LogP contribution in [-0.2, 0) is 0 Å². The average Bonchev–Trinajstić information content (AvgIpc) is 2.41. The lowest BCUT2D eigenvalue weighted by atomic mass is 10.2. The van der Waals surface area contributed by atoms with Crippen molar-refractivity contribution in [1.82, 2.24) is 9.97 Å². The quantitative estimate of drug-likeness (QED) is 0.872. The highest BCUT2D eigenvalue weighted by molar-refractivity contribution is 5.85. The summed E-state index contributed by atoms with van der Waals surface area (Å²) >= 11 is 0. The first-order valence-corrected chi connectivity index (χ1v) is 5.12. The summed E-state index contributed by atoms with van der Waals surface area (Å²) in [5.41, 5.74) is 0.0170. The predicted octanol–water partition coefficient (Wildman–Crippen LogP) is 1.93. The SMILES string of the molecule is N#Cc1ccc(Nc2cncc(C(=O)O)n2)c(F)c1. The van der Waals surface area contributed by atoms with Crippen molar-refractivity contribution in [2.75, 3.05) is 5.32 Å². The van der Waals surface area contributed by atoms with E-state index in [4.69, 9.17) is 10.4 Å². The van der Waals surface area contributed by atoms with Gasteiger partial charge in [-0.1, -0.05) is 0 Å². The normalized spacial score (nSPS) is 9.68. The van der Waals surface area contributed by atoms with E-state index in [1.54, 1.807) is 0 Å². The largest absolute Gasteiger partial charge is 0.476 e. The number of nitrogens with zero attached hydrogens (tertiary/aromatic N) is 3. The van der Waals surface area contributed by atoms with E-state index in [1.807, 2.05) is 6.07 Å². The molecule has 0 aliphatic rings. The van der Waals surface area contributed by atoms with Gasteiger partial charge in [-0.2, -0.15) is 5.26 Å². The molecule has 0 fully saturated rings. The van der Waals surface area contributed by atoms with Gasteiger partial charge in [0.05, 0.1) is 29.7 Å². The molecule has 0 saturated carbocycles. The van der Waals surface area contributed by atoms with Gasteiger partial charge in [-0.25, -0.2) is 14.2 Å². The maximum Gasteiger partial charge on any atom is 0.356 e. The third-order valence-electron chi connectivity index (χ3n) is 2.21. The minimum absolute atomic E-state index is 0.0795. The van der Waals surface area contributed by atoms with E-state index in [9.17, 15) is 9.18 Å². The minimum Gasteiger partial charge on any atom is -0.476 e. The highest BCUT2D eigenvalue weighted by Gasteiger charge is 2.08. The van der Waals surface area contributed by atoms with Crippen LogP contribution in [0.2, 0.25) is 0 Å². The number of anilines is 2. The number of hydrogen-bond acceptors (Lipinski definition) is 5. The van der Waals surface area contributed by atoms with Crippen molar-refractivity contribution in [3.8, 4) is 6.07 Å². The van der Waals surface area contributed by atoms with Crippen molar-refractivity contribution in [3.63, 3.8) is 0 Å². The van der Waals surface area contributed by atoms with Gasteiger partial charge in [0.25, 0.3) is 0 Å². The molecule has 94 valence electrons. The number of nitrogens with one attached hydrogen (secondary N) is 1. The van der Waals surface area contributed by atoms with Gasteiger partial charge < -0.3 is 10.4 Å². The number of hydrogen-bond donors (Lipinski definition) is 2. The van der Waals surface area contributed by atoms with Crippen LogP contribution in [0.15, 0.2) is 30.6 Å². The second-order valence-electron chi connectivity index (χ2n) is 3.53. The highest BCUT2D eigenvalue weighted by atomic mass is 19.1. The Morgan fingerprint density at radius 2 is 2.21 bits per heavy atom. The molecule has 2 rings (SSSR count). The molecular weight excluding hydrogens is 251 g/mol. The molecule has 0 unspecified atom stereocenters. The molecule has 0 saturated heterocycles. The van der Waals surface area contributed by atoms with Crippen LogP contribution >= 0.6 is 0 Å². The van der Waals surface area contributed by atoms with Gasteiger partial charge in [0.2, 0.25) is 0 Å². The Morgan fingerprint density at radius 1 is 1.42 bits per heavy atom. The Hall–Kier alpha value is -3.01.